The van der Waals surface area contributed by atoms with Gasteiger partial charge < -0.3 is 9.47 Å². The fourth-order valence-electron chi connectivity index (χ4n) is 3.29. The summed E-state index contributed by atoms with van der Waals surface area (Å²) >= 11 is 0. The van der Waals surface area contributed by atoms with Crippen LogP contribution in [0.5, 0.6) is 5.75 Å². The number of ether oxygens (including phenoxy) is 2. The van der Waals surface area contributed by atoms with Gasteiger partial charge in [0.2, 0.25) is 5.82 Å². The van der Waals surface area contributed by atoms with Crippen molar-refractivity contribution < 1.29 is 36.2 Å². The van der Waals surface area contributed by atoms with E-state index in [9.17, 15) is 26.7 Å². The summed E-state index contributed by atoms with van der Waals surface area (Å²) in [5, 5.41) is 0. The first-order chi connectivity index (χ1) is 12.2. The molecule has 1 aromatic carbocycles. The van der Waals surface area contributed by atoms with Crippen LogP contribution < -0.4 is 4.74 Å². The molecule has 144 valence electrons. The van der Waals surface area contributed by atoms with Crippen LogP contribution in [0.1, 0.15) is 31.2 Å². The molecule has 0 unspecified atom stereocenters. The van der Waals surface area contributed by atoms with Crippen LogP contribution >= 0.6 is 0 Å². The number of hydrogen-bond acceptors (Lipinski definition) is 3. The zero-order valence-electron chi connectivity index (χ0n) is 14.1. The molecule has 1 aliphatic carbocycles. The van der Waals surface area contributed by atoms with E-state index in [0.29, 0.717) is 0 Å². The monoisotopic (exact) mass is 378 g/mol. The van der Waals surface area contributed by atoms with E-state index in [1.165, 1.54) is 6.08 Å². The molecule has 0 amide bonds. The minimum atomic E-state index is -4.50. The van der Waals surface area contributed by atoms with Gasteiger partial charge in [-0.05, 0) is 25.8 Å². The van der Waals surface area contributed by atoms with E-state index in [1.54, 1.807) is 6.92 Å². The van der Waals surface area contributed by atoms with Gasteiger partial charge in [-0.1, -0.05) is 18.7 Å². The number of rotatable bonds is 6. The van der Waals surface area contributed by atoms with Crippen LogP contribution in [-0.2, 0) is 9.53 Å². The molecule has 0 aromatic heterocycles. The van der Waals surface area contributed by atoms with Crippen LogP contribution in [0.25, 0.3) is 0 Å². The summed E-state index contributed by atoms with van der Waals surface area (Å²) in [5.74, 6) is -7.61. The van der Waals surface area contributed by atoms with Gasteiger partial charge >= 0.3 is 12.1 Å². The number of carbonyl (C=O) groups excluding carboxylic acids is 1. The third-order valence-electron chi connectivity index (χ3n) is 4.44. The predicted molar refractivity (Wildman–Crippen MR) is 83.7 cm³/mol. The van der Waals surface area contributed by atoms with Crippen molar-refractivity contribution in [1.82, 2.24) is 0 Å². The number of alkyl halides is 3. The molecule has 8 heteroatoms. The third-order valence-corrected chi connectivity index (χ3v) is 4.44. The maximum absolute atomic E-state index is 14.2. The van der Waals surface area contributed by atoms with Gasteiger partial charge in [0.25, 0.3) is 0 Å². The highest BCUT2D eigenvalue weighted by Gasteiger charge is 2.52. The molecule has 0 bridgehead atoms. The van der Waals surface area contributed by atoms with Crippen molar-refractivity contribution in [3.8, 4) is 5.75 Å². The molecule has 0 spiro atoms. The van der Waals surface area contributed by atoms with Crippen molar-refractivity contribution in [3.63, 3.8) is 0 Å². The van der Waals surface area contributed by atoms with Crippen LogP contribution in [0.15, 0.2) is 24.8 Å². The lowest BCUT2D eigenvalue weighted by Crippen LogP contribution is -2.23. The molecule has 26 heavy (non-hydrogen) atoms. The molecule has 3 atom stereocenters. The van der Waals surface area contributed by atoms with E-state index in [4.69, 9.17) is 9.47 Å². The second-order valence-electron chi connectivity index (χ2n) is 6.05. The van der Waals surface area contributed by atoms with E-state index in [0.717, 1.165) is 12.1 Å². The number of carbonyl (C=O) groups is 1. The van der Waals surface area contributed by atoms with Crippen LogP contribution in [0.4, 0.5) is 22.0 Å². The Labute approximate surface area is 147 Å². The summed E-state index contributed by atoms with van der Waals surface area (Å²) in [6.45, 7) is 4.79. The Balaban J connectivity index is 2.46. The Hall–Kier alpha value is -2.12. The molecule has 0 N–H and O–H groups in total. The summed E-state index contributed by atoms with van der Waals surface area (Å²) < 4.78 is 77.3. The predicted octanol–water partition coefficient (Wildman–Crippen LogP) is 4.76. The van der Waals surface area contributed by atoms with Crippen LogP contribution in [-0.4, -0.2) is 25.4 Å². The summed E-state index contributed by atoms with van der Waals surface area (Å²) in [7, 11) is 0. The van der Waals surface area contributed by atoms with Crippen molar-refractivity contribution in [2.24, 2.45) is 11.8 Å². The van der Waals surface area contributed by atoms with Crippen LogP contribution in [0.3, 0.4) is 0 Å². The summed E-state index contributed by atoms with van der Waals surface area (Å²) in [6.07, 6.45) is -4.10. The van der Waals surface area contributed by atoms with E-state index >= 15 is 0 Å². The van der Waals surface area contributed by atoms with Crippen LogP contribution in [0.2, 0.25) is 0 Å². The van der Waals surface area contributed by atoms with Gasteiger partial charge in [0.05, 0.1) is 18.4 Å². The first kappa shape index (κ1) is 20.2. The third kappa shape index (κ3) is 4.16. The molecule has 0 aliphatic heterocycles. The number of esters is 1. The molecule has 1 fully saturated rings. The van der Waals surface area contributed by atoms with Crippen molar-refractivity contribution in [2.75, 3.05) is 13.2 Å². The average Bonchev–Trinajstić information content (AvgIpc) is 3.02. The SMILES string of the molecule is C=CCOc1c([C@@H]2C[C@H](C(F)(F)F)C[C@H]2C(=O)OCC)ccc(F)c1F. The van der Waals surface area contributed by atoms with Crippen LogP contribution in [0, 0.1) is 23.5 Å². The minimum absolute atomic E-state index is 0.0103. The molecule has 1 aliphatic rings. The lowest BCUT2D eigenvalue weighted by Gasteiger charge is -2.21. The van der Waals surface area contributed by atoms with Gasteiger partial charge in [-0.25, -0.2) is 4.39 Å². The smallest absolute Gasteiger partial charge is 0.391 e. The molecular formula is C18H19F5O3. The zero-order chi connectivity index (χ0) is 19.5. The molecule has 2 rings (SSSR count). The number of hydrogen-bond donors (Lipinski definition) is 0. The second-order valence-corrected chi connectivity index (χ2v) is 6.05. The van der Waals surface area contributed by atoms with Crippen molar-refractivity contribution in [3.05, 3.63) is 42.0 Å². The molecule has 0 saturated heterocycles. The van der Waals surface area contributed by atoms with Gasteiger partial charge in [-0.15, -0.1) is 0 Å². The molecule has 1 aromatic rings. The highest BCUT2D eigenvalue weighted by Crippen LogP contribution is 2.51. The first-order valence-corrected chi connectivity index (χ1v) is 8.15. The van der Waals surface area contributed by atoms with E-state index in [2.05, 4.69) is 6.58 Å². The fourth-order valence-corrected chi connectivity index (χ4v) is 3.29. The Morgan fingerprint density at radius 1 is 1.31 bits per heavy atom. The molecule has 0 radical (unpaired) electrons. The molecule has 1 saturated carbocycles. The normalized spacial score (nSPS) is 22.9. The topological polar surface area (TPSA) is 35.5 Å². The van der Waals surface area contributed by atoms with E-state index < -0.39 is 60.1 Å². The van der Waals surface area contributed by atoms with Crippen molar-refractivity contribution in [1.29, 1.82) is 0 Å². The lowest BCUT2D eigenvalue weighted by molar-refractivity contribution is -0.174. The summed E-state index contributed by atoms with van der Waals surface area (Å²) in [4.78, 5) is 12.2. The Morgan fingerprint density at radius 2 is 2.00 bits per heavy atom. The highest BCUT2D eigenvalue weighted by molar-refractivity contribution is 5.74. The fraction of sp³-hybridized carbons (Fsp3) is 0.500. The van der Waals surface area contributed by atoms with Gasteiger partial charge in [-0.3, -0.25) is 4.79 Å². The number of benzene rings is 1. The van der Waals surface area contributed by atoms with E-state index in [-0.39, 0.29) is 18.8 Å². The Morgan fingerprint density at radius 3 is 2.58 bits per heavy atom. The maximum atomic E-state index is 14.2. The van der Waals surface area contributed by atoms with Crippen molar-refractivity contribution in [2.45, 2.75) is 31.9 Å². The van der Waals surface area contributed by atoms with E-state index in [1.807, 2.05) is 0 Å². The lowest BCUT2D eigenvalue weighted by atomic mass is 9.88. The standard InChI is InChI=1S/C18H19F5O3/c1-3-7-26-16-11(5-6-14(19)15(16)20)12-8-10(18(21,22)23)9-13(12)17(24)25-4-2/h3,5-6,10,12-13H,1,4,7-9H2,2H3/t10-,12-,13+/m0/s1. The average molecular weight is 378 g/mol. The van der Waals surface area contributed by atoms with Gasteiger partial charge in [0.1, 0.15) is 6.61 Å². The largest absolute Gasteiger partial charge is 0.486 e. The number of halogens is 5. The molecule has 0 heterocycles. The van der Waals surface area contributed by atoms with Gasteiger partial charge in [-0.2, -0.15) is 17.6 Å². The minimum Gasteiger partial charge on any atom is -0.486 e. The Bertz CT molecular complexity index is 672. The second kappa shape index (κ2) is 8.05. The first-order valence-electron chi connectivity index (χ1n) is 8.15. The van der Waals surface area contributed by atoms with Gasteiger partial charge in [0, 0.05) is 11.5 Å². The maximum Gasteiger partial charge on any atom is 0.391 e. The summed E-state index contributed by atoms with van der Waals surface area (Å²) in [6, 6.07) is 1.97. The van der Waals surface area contributed by atoms with Gasteiger partial charge in [0.15, 0.2) is 11.6 Å². The molecular weight excluding hydrogens is 359 g/mol. The molecule has 3 nitrogen and oxygen atoms in total. The summed E-state index contributed by atoms with van der Waals surface area (Å²) in [5.41, 5.74) is 0.0237. The highest BCUT2D eigenvalue weighted by atomic mass is 19.4. The van der Waals surface area contributed by atoms with Crippen molar-refractivity contribution >= 4 is 5.97 Å². The Kier molecular flexibility index (Phi) is 6.26. The quantitative estimate of drug-likeness (QED) is 0.407. The zero-order valence-corrected chi connectivity index (χ0v) is 14.1.